The third kappa shape index (κ3) is 3.66. The zero-order valence-electron chi connectivity index (χ0n) is 16.8. The van der Waals surface area contributed by atoms with Crippen LogP contribution >= 0.6 is 22.7 Å². The average molecular weight is 437 g/mol. The summed E-state index contributed by atoms with van der Waals surface area (Å²) in [6.07, 6.45) is 1.25. The summed E-state index contributed by atoms with van der Waals surface area (Å²) >= 11 is 3.26. The molecule has 1 N–H and O–H groups in total. The Morgan fingerprint density at radius 1 is 1.03 bits per heavy atom. The van der Waals surface area contributed by atoms with E-state index >= 15 is 0 Å². The number of hydrogen-bond donors (Lipinski definition) is 1. The Hall–Kier alpha value is -2.91. The van der Waals surface area contributed by atoms with Crippen LogP contribution in [0.25, 0.3) is 21.7 Å². The topological polar surface area (TPSA) is 93.4 Å². The van der Waals surface area contributed by atoms with Gasteiger partial charge in [-0.05, 0) is 6.07 Å². The van der Waals surface area contributed by atoms with Crippen LogP contribution in [0.2, 0.25) is 0 Å². The van der Waals surface area contributed by atoms with Gasteiger partial charge in [-0.1, -0.05) is 44.2 Å². The molecule has 0 bridgehead atoms. The van der Waals surface area contributed by atoms with Gasteiger partial charge in [-0.3, -0.25) is 0 Å². The number of fused-ring (bicyclic) bond motifs is 1. The van der Waals surface area contributed by atoms with Gasteiger partial charge in [-0.2, -0.15) is 5.21 Å². The standard InChI is InChI=1S/C21H20N6OS2/c1-21(2,3)16-11-30-20(23-16)19-14(13-6-4-5-7-15(13)28-19)9-18-22-12(10-29-18)8-17-24-26-27-25-17/h4-7,10-11H,8-9H2,1-3H3,(H,24,25,26,27). The van der Waals surface area contributed by atoms with Crippen molar-refractivity contribution < 1.29 is 4.42 Å². The van der Waals surface area contributed by atoms with Gasteiger partial charge in [-0.15, -0.1) is 32.9 Å². The van der Waals surface area contributed by atoms with Crippen molar-refractivity contribution in [3.8, 4) is 10.8 Å². The quantitative estimate of drug-likeness (QED) is 0.416. The number of aromatic nitrogens is 6. The Morgan fingerprint density at radius 2 is 1.90 bits per heavy atom. The fourth-order valence-electron chi connectivity index (χ4n) is 3.25. The molecule has 0 atom stereocenters. The Bertz CT molecular complexity index is 1290. The number of hydrogen-bond acceptors (Lipinski definition) is 8. The molecule has 0 saturated heterocycles. The van der Waals surface area contributed by atoms with Crippen molar-refractivity contribution in [3.63, 3.8) is 0 Å². The summed E-state index contributed by atoms with van der Waals surface area (Å²) in [6.45, 7) is 6.52. The first kappa shape index (κ1) is 19.1. The van der Waals surface area contributed by atoms with E-state index in [9.17, 15) is 0 Å². The summed E-state index contributed by atoms with van der Waals surface area (Å²) in [5, 5.41) is 21.3. The lowest BCUT2D eigenvalue weighted by atomic mass is 9.93. The van der Waals surface area contributed by atoms with Gasteiger partial charge in [0.05, 0.1) is 22.8 Å². The number of rotatable bonds is 5. The highest BCUT2D eigenvalue weighted by Gasteiger charge is 2.23. The van der Waals surface area contributed by atoms with Gasteiger partial charge >= 0.3 is 0 Å². The van der Waals surface area contributed by atoms with Crippen LogP contribution < -0.4 is 0 Å². The first-order valence-electron chi connectivity index (χ1n) is 9.60. The van der Waals surface area contributed by atoms with Gasteiger partial charge in [0.2, 0.25) is 0 Å². The Kier molecular flexibility index (Phi) is 4.71. The van der Waals surface area contributed by atoms with Crippen molar-refractivity contribution in [3.05, 3.63) is 62.8 Å². The number of thiazole rings is 2. The highest BCUT2D eigenvalue weighted by atomic mass is 32.1. The van der Waals surface area contributed by atoms with Crippen LogP contribution in [-0.4, -0.2) is 30.6 Å². The Balaban J connectivity index is 1.51. The van der Waals surface area contributed by atoms with E-state index in [0.29, 0.717) is 18.7 Å². The van der Waals surface area contributed by atoms with Gasteiger partial charge in [0.1, 0.15) is 5.58 Å². The molecule has 1 aromatic carbocycles. The van der Waals surface area contributed by atoms with Crippen molar-refractivity contribution in [1.29, 1.82) is 0 Å². The lowest BCUT2D eigenvalue weighted by Gasteiger charge is -2.14. The van der Waals surface area contributed by atoms with Gasteiger partial charge in [-0.25, -0.2) is 9.97 Å². The van der Waals surface area contributed by atoms with E-state index in [-0.39, 0.29) is 5.41 Å². The summed E-state index contributed by atoms with van der Waals surface area (Å²) in [5.41, 5.74) is 4.01. The zero-order valence-corrected chi connectivity index (χ0v) is 18.5. The fraction of sp³-hybridized carbons (Fsp3) is 0.286. The molecule has 0 unspecified atom stereocenters. The Morgan fingerprint density at radius 3 is 2.67 bits per heavy atom. The van der Waals surface area contributed by atoms with Gasteiger partial charge in [0.15, 0.2) is 16.6 Å². The van der Waals surface area contributed by atoms with Crippen LogP contribution in [0.1, 0.15) is 48.6 Å². The third-order valence-electron chi connectivity index (χ3n) is 4.82. The number of tetrazole rings is 1. The summed E-state index contributed by atoms with van der Waals surface area (Å²) in [4.78, 5) is 9.67. The first-order valence-corrected chi connectivity index (χ1v) is 11.4. The molecule has 7 nitrogen and oxygen atoms in total. The lowest BCUT2D eigenvalue weighted by molar-refractivity contribution is 0.571. The van der Waals surface area contributed by atoms with E-state index in [0.717, 1.165) is 43.7 Å². The number of nitrogens with one attached hydrogen (secondary N) is 1. The van der Waals surface area contributed by atoms with Crippen molar-refractivity contribution in [2.24, 2.45) is 0 Å². The molecule has 9 heteroatoms. The predicted molar refractivity (Wildman–Crippen MR) is 118 cm³/mol. The summed E-state index contributed by atoms with van der Waals surface area (Å²) < 4.78 is 6.27. The molecule has 30 heavy (non-hydrogen) atoms. The van der Waals surface area contributed by atoms with E-state index in [4.69, 9.17) is 14.4 Å². The smallest absolute Gasteiger partial charge is 0.180 e. The third-order valence-corrected chi connectivity index (χ3v) is 6.56. The lowest BCUT2D eigenvalue weighted by Crippen LogP contribution is -2.11. The van der Waals surface area contributed by atoms with E-state index in [1.165, 1.54) is 0 Å². The molecular formula is C21H20N6OS2. The van der Waals surface area contributed by atoms with Crippen molar-refractivity contribution in [1.82, 2.24) is 30.6 Å². The highest BCUT2D eigenvalue weighted by molar-refractivity contribution is 7.13. The average Bonchev–Trinajstić information content (AvgIpc) is 3.49. The molecule has 152 valence electrons. The molecular weight excluding hydrogens is 416 g/mol. The van der Waals surface area contributed by atoms with Crippen LogP contribution in [0.15, 0.2) is 39.4 Å². The molecule has 0 spiro atoms. The Labute approximate surface area is 181 Å². The molecule has 0 aliphatic heterocycles. The number of H-pyrrole nitrogens is 1. The maximum Gasteiger partial charge on any atom is 0.180 e. The molecule has 5 aromatic rings. The van der Waals surface area contributed by atoms with Crippen LogP contribution in [0.4, 0.5) is 0 Å². The monoisotopic (exact) mass is 436 g/mol. The maximum atomic E-state index is 6.27. The largest absolute Gasteiger partial charge is 0.453 e. The molecule has 0 radical (unpaired) electrons. The molecule has 0 saturated carbocycles. The van der Waals surface area contributed by atoms with Crippen molar-refractivity contribution in [2.45, 2.75) is 39.0 Å². The van der Waals surface area contributed by atoms with Gasteiger partial charge < -0.3 is 4.42 Å². The van der Waals surface area contributed by atoms with Crippen LogP contribution in [0, 0.1) is 0 Å². The van der Waals surface area contributed by atoms with Gasteiger partial charge in [0, 0.05) is 33.5 Å². The van der Waals surface area contributed by atoms with Crippen molar-refractivity contribution >= 4 is 33.6 Å². The molecule has 0 amide bonds. The highest BCUT2D eigenvalue weighted by Crippen LogP contribution is 2.38. The maximum absolute atomic E-state index is 6.27. The molecule has 4 heterocycles. The number of para-hydroxylation sites is 1. The van der Waals surface area contributed by atoms with Crippen LogP contribution in [0.3, 0.4) is 0 Å². The van der Waals surface area contributed by atoms with Gasteiger partial charge in [0.25, 0.3) is 0 Å². The minimum atomic E-state index is 0.000290. The second kappa shape index (κ2) is 7.41. The summed E-state index contributed by atoms with van der Waals surface area (Å²) in [7, 11) is 0. The zero-order chi connectivity index (χ0) is 20.7. The van der Waals surface area contributed by atoms with Crippen LogP contribution in [-0.2, 0) is 18.3 Å². The molecule has 0 fully saturated rings. The van der Waals surface area contributed by atoms with E-state index < -0.39 is 0 Å². The summed E-state index contributed by atoms with van der Waals surface area (Å²) in [6, 6.07) is 8.14. The normalized spacial score (nSPS) is 12.1. The summed E-state index contributed by atoms with van der Waals surface area (Å²) in [5.74, 6) is 1.48. The number of benzene rings is 1. The minimum absolute atomic E-state index is 0.000290. The van der Waals surface area contributed by atoms with E-state index in [2.05, 4.69) is 58.2 Å². The second-order valence-corrected chi connectivity index (χ2v) is 9.91. The fourth-order valence-corrected chi connectivity index (χ4v) is 5.11. The number of nitrogens with zero attached hydrogens (tertiary/aromatic N) is 5. The SMILES string of the molecule is CC(C)(C)c1csc(-c2oc3ccccc3c2Cc2nc(Cc3nn[nH]n3)cs2)n1. The number of aromatic amines is 1. The first-order chi connectivity index (χ1) is 14.5. The van der Waals surface area contributed by atoms with E-state index in [1.807, 2.05) is 18.2 Å². The molecule has 4 aromatic heterocycles. The molecule has 0 aliphatic rings. The molecule has 5 rings (SSSR count). The predicted octanol–water partition coefficient (Wildman–Crippen LogP) is 5.01. The minimum Gasteiger partial charge on any atom is -0.453 e. The number of furan rings is 1. The van der Waals surface area contributed by atoms with E-state index in [1.54, 1.807) is 22.7 Å². The van der Waals surface area contributed by atoms with Crippen LogP contribution in [0.5, 0.6) is 0 Å². The second-order valence-electron chi connectivity index (χ2n) is 8.11. The van der Waals surface area contributed by atoms with Crippen molar-refractivity contribution in [2.75, 3.05) is 0 Å². The molecule has 0 aliphatic carbocycles.